The van der Waals surface area contributed by atoms with Crippen LogP contribution in [0.1, 0.15) is 38.2 Å². The minimum absolute atomic E-state index is 0.143. The van der Waals surface area contributed by atoms with E-state index in [0.717, 1.165) is 35.2 Å². The van der Waals surface area contributed by atoms with Crippen molar-refractivity contribution in [2.24, 2.45) is 0 Å². The number of hydrogen-bond acceptors (Lipinski definition) is 9. The first kappa shape index (κ1) is 23.9. The summed E-state index contributed by atoms with van der Waals surface area (Å²) >= 11 is 0. The third-order valence-electron chi connectivity index (χ3n) is 6.44. The van der Waals surface area contributed by atoms with Gasteiger partial charge in [-0.25, -0.2) is 9.97 Å². The molecular formula is C25H30N8O3. The molecule has 0 bridgehead atoms. The fraction of sp³-hybridized carbons (Fsp3) is 0.400. The molecule has 1 atom stereocenters. The van der Waals surface area contributed by atoms with Crippen molar-refractivity contribution in [2.75, 3.05) is 31.5 Å². The lowest BCUT2D eigenvalue weighted by molar-refractivity contribution is -0.149. The second-order valence-corrected chi connectivity index (χ2v) is 9.63. The number of aliphatic hydroxyl groups is 1. The minimum Gasteiger partial charge on any atom is -0.381 e. The highest BCUT2D eigenvalue weighted by Gasteiger charge is 2.32. The summed E-state index contributed by atoms with van der Waals surface area (Å²) in [7, 11) is 0. The molecule has 3 aromatic heterocycles. The van der Waals surface area contributed by atoms with E-state index in [0.29, 0.717) is 36.6 Å². The Bertz CT molecular complexity index is 1380. The van der Waals surface area contributed by atoms with Gasteiger partial charge in [-0.15, -0.1) is 0 Å². The molecule has 1 fully saturated rings. The van der Waals surface area contributed by atoms with Crippen molar-refractivity contribution in [3.8, 4) is 11.5 Å². The molecule has 1 aliphatic rings. The van der Waals surface area contributed by atoms with Gasteiger partial charge in [-0.3, -0.25) is 9.69 Å². The second-order valence-electron chi connectivity index (χ2n) is 9.63. The quantitative estimate of drug-likeness (QED) is 0.372. The number of fused-ring (bicyclic) bond motifs is 1. The number of aryl methyl sites for hydroxylation is 1. The summed E-state index contributed by atoms with van der Waals surface area (Å²) in [6.07, 6.45) is 1.78. The van der Waals surface area contributed by atoms with E-state index in [1.54, 1.807) is 18.0 Å². The molecule has 1 unspecified atom stereocenters. The zero-order chi connectivity index (χ0) is 25.4. The monoisotopic (exact) mass is 490 g/mol. The summed E-state index contributed by atoms with van der Waals surface area (Å²) in [6, 6.07) is 9.88. The maximum Gasteiger partial charge on any atom is 0.257 e. The molecule has 0 radical (unpaired) electrons. The Balaban J connectivity index is 1.26. The number of H-pyrrole nitrogens is 1. The number of nitrogens with one attached hydrogen (secondary N) is 2. The lowest BCUT2D eigenvalue weighted by atomic mass is 10.1. The largest absolute Gasteiger partial charge is 0.381 e. The van der Waals surface area contributed by atoms with Crippen LogP contribution in [0.3, 0.4) is 0 Å². The molecular weight excluding hydrogens is 460 g/mol. The summed E-state index contributed by atoms with van der Waals surface area (Å²) in [5.41, 5.74) is 2.23. The molecule has 5 rings (SSSR count). The lowest BCUT2D eigenvalue weighted by Crippen LogP contribution is -2.54. The SMILES string of the molecule is Cc1noc(-c2ccc3nc(Nc4cc(C(C)N5CCN(C(=O)C(C)(C)O)CC5)ccn4)[nH]c3c2)n1. The van der Waals surface area contributed by atoms with Gasteiger partial charge in [-0.2, -0.15) is 4.98 Å². The smallest absolute Gasteiger partial charge is 0.257 e. The van der Waals surface area contributed by atoms with Crippen LogP contribution in [0.4, 0.5) is 11.8 Å². The summed E-state index contributed by atoms with van der Waals surface area (Å²) < 4.78 is 5.26. The fourth-order valence-corrected chi connectivity index (χ4v) is 4.42. The van der Waals surface area contributed by atoms with Crippen molar-refractivity contribution in [2.45, 2.75) is 39.3 Å². The predicted octanol–water partition coefficient (Wildman–Crippen LogP) is 3.04. The Kier molecular flexibility index (Phi) is 6.19. The molecule has 1 saturated heterocycles. The minimum atomic E-state index is -1.34. The number of hydrogen-bond donors (Lipinski definition) is 3. The number of carbonyl (C=O) groups is 1. The van der Waals surface area contributed by atoms with Crippen LogP contribution >= 0.6 is 0 Å². The average Bonchev–Trinajstić information content (AvgIpc) is 3.47. The number of pyridine rings is 1. The van der Waals surface area contributed by atoms with Crippen LogP contribution in [0.25, 0.3) is 22.5 Å². The molecule has 11 heteroatoms. The van der Waals surface area contributed by atoms with Gasteiger partial charge < -0.3 is 24.8 Å². The Morgan fingerprint density at radius 3 is 2.64 bits per heavy atom. The number of aromatic nitrogens is 5. The van der Waals surface area contributed by atoms with Gasteiger partial charge in [0.1, 0.15) is 11.4 Å². The zero-order valence-corrected chi connectivity index (χ0v) is 20.8. The zero-order valence-electron chi connectivity index (χ0n) is 20.8. The van der Waals surface area contributed by atoms with Crippen molar-refractivity contribution < 1.29 is 14.4 Å². The number of imidazole rings is 1. The number of anilines is 2. The number of carbonyl (C=O) groups excluding carboxylic acids is 1. The third kappa shape index (κ3) is 4.93. The van der Waals surface area contributed by atoms with Gasteiger partial charge in [0.05, 0.1) is 11.0 Å². The molecule has 1 aliphatic heterocycles. The van der Waals surface area contributed by atoms with E-state index >= 15 is 0 Å². The summed E-state index contributed by atoms with van der Waals surface area (Å²) in [5.74, 6) is 2.09. The number of nitrogens with zero attached hydrogens (tertiary/aromatic N) is 6. The van der Waals surface area contributed by atoms with E-state index in [2.05, 4.69) is 42.2 Å². The molecule has 0 saturated carbocycles. The van der Waals surface area contributed by atoms with E-state index in [4.69, 9.17) is 4.52 Å². The van der Waals surface area contributed by atoms with Gasteiger partial charge >= 0.3 is 0 Å². The van der Waals surface area contributed by atoms with E-state index < -0.39 is 5.60 Å². The molecule has 4 aromatic rings. The predicted molar refractivity (Wildman–Crippen MR) is 135 cm³/mol. The molecule has 0 aliphatic carbocycles. The van der Waals surface area contributed by atoms with E-state index in [1.165, 1.54) is 13.8 Å². The highest BCUT2D eigenvalue weighted by atomic mass is 16.5. The van der Waals surface area contributed by atoms with Crippen molar-refractivity contribution in [3.63, 3.8) is 0 Å². The Labute approximate surface area is 208 Å². The molecule has 188 valence electrons. The van der Waals surface area contributed by atoms with Crippen LogP contribution in [-0.2, 0) is 4.79 Å². The van der Waals surface area contributed by atoms with Crippen molar-refractivity contribution in [3.05, 3.63) is 47.9 Å². The van der Waals surface area contributed by atoms with Crippen LogP contribution in [0, 0.1) is 6.92 Å². The molecule has 1 aromatic carbocycles. The Hall–Kier alpha value is -3.83. The molecule has 36 heavy (non-hydrogen) atoms. The first-order valence-corrected chi connectivity index (χ1v) is 12.0. The Morgan fingerprint density at radius 1 is 1.17 bits per heavy atom. The maximum absolute atomic E-state index is 12.4. The third-order valence-corrected chi connectivity index (χ3v) is 6.44. The number of benzene rings is 1. The lowest BCUT2D eigenvalue weighted by Gasteiger charge is -2.39. The molecule has 0 spiro atoms. The fourth-order valence-electron chi connectivity index (χ4n) is 4.42. The highest BCUT2D eigenvalue weighted by molar-refractivity contribution is 5.84. The highest BCUT2D eigenvalue weighted by Crippen LogP contribution is 2.26. The number of piperazine rings is 1. The van der Waals surface area contributed by atoms with Gasteiger partial charge in [0, 0.05) is 44.0 Å². The van der Waals surface area contributed by atoms with E-state index in [-0.39, 0.29) is 11.9 Å². The molecule has 1 amide bonds. The first-order valence-electron chi connectivity index (χ1n) is 12.0. The summed E-state index contributed by atoms with van der Waals surface area (Å²) in [4.78, 5) is 33.1. The number of aromatic amines is 1. The van der Waals surface area contributed by atoms with Gasteiger partial charge in [0.25, 0.3) is 11.8 Å². The van der Waals surface area contributed by atoms with Crippen molar-refractivity contribution in [1.29, 1.82) is 0 Å². The molecule has 11 nitrogen and oxygen atoms in total. The van der Waals surface area contributed by atoms with Crippen LogP contribution < -0.4 is 5.32 Å². The van der Waals surface area contributed by atoms with Crippen LogP contribution in [0.15, 0.2) is 41.1 Å². The normalized spacial score (nSPS) is 15.9. The molecule has 3 N–H and O–H groups in total. The van der Waals surface area contributed by atoms with Crippen LogP contribution in [0.2, 0.25) is 0 Å². The Morgan fingerprint density at radius 2 is 1.94 bits per heavy atom. The van der Waals surface area contributed by atoms with E-state index in [1.807, 2.05) is 30.3 Å². The summed E-state index contributed by atoms with van der Waals surface area (Å²) in [6.45, 7) is 9.65. The second kappa shape index (κ2) is 9.32. The van der Waals surface area contributed by atoms with Gasteiger partial charge in [0.2, 0.25) is 5.95 Å². The topological polar surface area (TPSA) is 136 Å². The average molecular weight is 491 g/mol. The van der Waals surface area contributed by atoms with Gasteiger partial charge in [-0.05, 0) is 63.6 Å². The number of amides is 1. The van der Waals surface area contributed by atoms with Crippen LogP contribution in [0.5, 0.6) is 0 Å². The van der Waals surface area contributed by atoms with E-state index in [9.17, 15) is 9.90 Å². The van der Waals surface area contributed by atoms with Crippen molar-refractivity contribution >= 4 is 28.7 Å². The van der Waals surface area contributed by atoms with Gasteiger partial charge in [0.15, 0.2) is 5.82 Å². The van der Waals surface area contributed by atoms with Gasteiger partial charge in [-0.1, -0.05) is 5.16 Å². The first-order chi connectivity index (χ1) is 17.2. The van der Waals surface area contributed by atoms with Crippen LogP contribution in [-0.4, -0.2) is 77.7 Å². The van der Waals surface area contributed by atoms with Crippen molar-refractivity contribution in [1.82, 2.24) is 34.9 Å². The molecule has 4 heterocycles. The standard InChI is InChI=1S/C25H30N8O3/c1-15(32-9-11-33(12-10-32)23(34)25(3,4)35)17-7-8-26-21(14-17)30-24-28-19-6-5-18(13-20(19)29-24)22-27-16(2)31-36-22/h5-8,13-15,35H,9-12H2,1-4H3,(H2,26,28,29,30). The summed E-state index contributed by atoms with van der Waals surface area (Å²) in [5, 5.41) is 17.1. The maximum atomic E-state index is 12.4. The number of rotatable bonds is 6.